The third kappa shape index (κ3) is 2.18. The lowest BCUT2D eigenvalue weighted by Gasteiger charge is -1.97. The Bertz CT molecular complexity index is 199. The molecule has 0 saturated carbocycles. The Morgan fingerprint density at radius 3 is 2.55 bits per heavy atom. The number of allylic oxidation sites excluding steroid dienone is 2. The number of rotatable bonds is 3. The van der Waals surface area contributed by atoms with Crippen LogP contribution in [0.4, 0.5) is 0 Å². The molecule has 0 spiro atoms. The second-order valence-electron chi connectivity index (χ2n) is 3.35. The molecule has 1 heterocycles. The van der Waals surface area contributed by atoms with Gasteiger partial charge in [-0.3, -0.25) is 4.99 Å². The van der Waals surface area contributed by atoms with E-state index in [4.69, 9.17) is 0 Å². The van der Waals surface area contributed by atoms with Crippen LogP contribution in [-0.2, 0) is 0 Å². The lowest BCUT2D eigenvalue weighted by Crippen LogP contribution is -1.82. The third-order valence-electron chi connectivity index (χ3n) is 2.11. The van der Waals surface area contributed by atoms with Gasteiger partial charge >= 0.3 is 0 Å². The van der Waals surface area contributed by atoms with E-state index in [0.29, 0.717) is 0 Å². The quantitative estimate of drug-likeness (QED) is 0.586. The minimum Gasteiger partial charge on any atom is -0.262 e. The fourth-order valence-corrected chi connectivity index (χ4v) is 1.46. The van der Waals surface area contributed by atoms with Crippen LogP contribution >= 0.6 is 0 Å². The van der Waals surface area contributed by atoms with Crippen LogP contribution in [0.1, 0.15) is 46.5 Å². The summed E-state index contributed by atoms with van der Waals surface area (Å²) in [6.45, 7) is 6.54. The van der Waals surface area contributed by atoms with E-state index >= 15 is 0 Å². The van der Waals surface area contributed by atoms with Crippen molar-refractivity contribution in [2.75, 3.05) is 0 Å². The third-order valence-corrected chi connectivity index (χ3v) is 2.11. The molecule has 0 unspecified atom stereocenters. The molecular formula is C10H17N. The summed E-state index contributed by atoms with van der Waals surface area (Å²) in [5.41, 5.74) is 4.12. The van der Waals surface area contributed by atoms with E-state index in [0.717, 1.165) is 6.42 Å². The van der Waals surface area contributed by atoms with Gasteiger partial charge in [-0.15, -0.1) is 0 Å². The zero-order valence-corrected chi connectivity index (χ0v) is 7.78. The predicted molar refractivity (Wildman–Crippen MR) is 50.0 cm³/mol. The molecule has 0 amide bonds. The summed E-state index contributed by atoms with van der Waals surface area (Å²) in [6.07, 6.45) is 4.84. The molecule has 1 aliphatic rings. The van der Waals surface area contributed by atoms with Crippen molar-refractivity contribution in [3.63, 3.8) is 0 Å². The number of unbranched alkanes of at least 4 members (excludes halogenated alkanes) is 1. The minimum atomic E-state index is 1.11. The van der Waals surface area contributed by atoms with Gasteiger partial charge < -0.3 is 0 Å². The molecule has 1 nitrogen and oxygen atoms in total. The molecule has 0 saturated heterocycles. The van der Waals surface area contributed by atoms with Crippen LogP contribution in [0.15, 0.2) is 16.3 Å². The first-order valence-corrected chi connectivity index (χ1v) is 4.46. The molecule has 1 rings (SSSR count). The van der Waals surface area contributed by atoms with Crippen molar-refractivity contribution < 1.29 is 0 Å². The Balaban J connectivity index is 2.48. The Labute approximate surface area is 69.2 Å². The molecule has 0 bridgehead atoms. The highest BCUT2D eigenvalue weighted by Gasteiger charge is 2.09. The van der Waals surface area contributed by atoms with Gasteiger partial charge in [0.1, 0.15) is 0 Å². The zero-order valence-electron chi connectivity index (χ0n) is 7.78. The summed E-state index contributed by atoms with van der Waals surface area (Å²) in [5, 5.41) is 0. The van der Waals surface area contributed by atoms with E-state index in [9.17, 15) is 0 Å². The maximum absolute atomic E-state index is 4.50. The fourth-order valence-electron chi connectivity index (χ4n) is 1.46. The first-order valence-electron chi connectivity index (χ1n) is 4.46. The summed E-state index contributed by atoms with van der Waals surface area (Å²) in [5.74, 6) is 0. The summed E-state index contributed by atoms with van der Waals surface area (Å²) in [4.78, 5) is 4.50. The second kappa shape index (κ2) is 3.70. The van der Waals surface area contributed by atoms with E-state index in [1.165, 1.54) is 36.2 Å². The molecule has 62 valence electrons. The largest absolute Gasteiger partial charge is 0.262 e. The summed E-state index contributed by atoms with van der Waals surface area (Å²) in [6, 6.07) is 0. The standard InChI is InChI=1S/C10H17N/c1-4-5-6-10-8(2)7-9(3)11-10/h4-7H2,1-3H3. The highest BCUT2D eigenvalue weighted by Crippen LogP contribution is 2.23. The Kier molecular flexibility index (Phi) is 2.86. The first-order chi connectivity index (χ1) is 5.24. The molecule has 0 atom stereocenters. The molecule has 0 aromatic carbocycles. The molecule has 0 N–H and O–H groups in total. The number of aliphatic imine (C=N–C) groups is 1. The van der Waals surface area contributed by atoms with Gasteiger partial charge in [0.2, 0.25) is 0 Å². The Hall–Kier alpha value is -0.590. The Morgan fingerprint density at radius 2 is 2.09 bits per heavy atom. The van der Waals surface area contributed by atoms with Gasteiger partial charge in [-0.25, -0.2) is 0 Å². The lowest BCUT2D eigenvalue weighted by atomic mass is 10.1. The van der Waals surface area contributed by atoms with Gasteiger partial charge in [0, 0.05) is 17.8 Å². The molecule has 11 heavy (non-hydrogen) atoms. The van der Waals surface area contributed by atoms with Crippen molar-refractivity contribution in [3.8, 4) is 0 Å². The van der Waals surface area contributed by atoms with Gasteiger partial charge in [-0.2, -0.15) is 0 Å². The van der Waals surface area contributed by atoms with E-state index in [1.54, 1.807) is 0 Å². The van der Waals surface area contributed by atoms with Crippen molar-refractivity contribution in [3.05, 3.63) is 11.3 Å². The van der Waals surface area contributed by atoms with Crippen LogP contribution < -0.4 is 0 Å². The molecule has 0 aromatic rings. The van der Waals surface area contributed by atoms with Crippen LogP contribution in [0.2, 0.25) is 0 Å². The van der Waals surface area contributed by atoms with E-state index in [1.807, 2.05) is 0 Å². The molecule has 1 heteroatoms. The molecule has 0 radical (unpaired) electrons. The molecular weight excluding hydrogens is 134 g/mol. The van der Waals surface area contributed by atoms with Crippen LogP contribution in [-0.4, -0.2) is 5.71 Å². The second-order valence-corrected chi connectivity index (χ2v) is 3.35. The molecule has 0 aliphatic carbocycles. The highest BCUT2D eigenvalue weighted by molar-refractivity contribution is 5.87. The van der Waals surface area contributed by atoms with Crippen molar-refractivity contribution in [2.24, 2.45) is 4.99 Å². The first kappa shape index (κ1) is 8.51. The van der Waals surface area contributed by atoms with Crippen molar-refractivity contribution in [1.29, 1.82) is 0 Å². The normalized spacial score (nSPS) is 17.5. The van der Waals surface area contributed by atoms with Gasteiger partial charge in [0.25, 0.3) is 0 Å². The van der Waals surface area contributed by atoms with Gasteiger partial charge in [0.15, 0.2) is 0 Å². The van der Waals surface area contributed by atoms with Crippen molar-refractivity contribution in [2.45, 2.75) is 46.5 Å². The number of hydrogen-bond acceptors (Lipinski definition) is 1. The van der Waals surface area contributed by atoms with E-state index in [2.05, 4.69) is 25.8 Å². The smallest absolute Gasteiger partial charge is 0.0396 e. The monoisotopic (exact) mass is 151 g/mol. The van der Waals surface area contributed by atoms with Crippen LogP contribution in [0.25, 0.3) is 0 Å². The number of hydrogen-bond donors (Lipinski definition) is 0. The van der Waals surface area contributed by atoms with Crippen LogP contribution in [0, 0.1) is 0 Å². The summed E-state index contributed by atoms with van der Waals surface area (Å²) in [7, 11) is 0. The maximum Gasteiger partial charge on any atom is 0.0396 e. The SMILES string of the molecule is CCCCC1=C(C)CC(C)=N1. The lowest BCUT2D eigenvalue weighted by molar-refractivity contribution is 0.778. The van der Waals surface area contributed by atoms with Crippen LogP contribution in [0.3, 0.4) is 0 Å². The van der Waals surface area contributed by atoms with Crippen molar-refractivity contribution >= 4 is 5.71 Å². The molecule has 0 fully saturated rings. The van der Waals surface area contributed by atoms with Crippen LogP contribution in [0.5, 0.6) is 0 Å². The van der Waals surface area contributed by atoms with Gasteiger partial charge in [0.05, 0.1) is 0 Å². The Morgan fingerprint density at radius 1 is 1.36 bits per heavy atom. The predicted octanol–water partition coefficient (Wildman–Crippen LogP) is 3.32. The minimum absolute atomic E-state index is 1.11. The average Bonchev–Trinajstić information content (AvgIpc) is 2.26. The van der Waals surface area contributed by atoms with E-state index < -0.39 is 0 Å². The fraction of sp³-hybridized carbons (Fsp3) is 0.700. The summed E-state index contributed by atoms with van der Waals surface area (Å²) >= 11 is 0. The van der Waals surface area contributed by atoms with Crippen molar-refractivity contribution in [1.82, 2.24) is 0 Å². The molecule has 1 aliphatic heterocycles. The number of nitrogens with zero attached hydrogens (tertiary/aromatic N) is 1. The average molecular weight is 151 g/mol. The van der Waals surface area contributed by atoms with Gasteiger partial charge in [-0.05, 0) is 32.3 Å². The molecule has 0 aromatic heterocycles. The maximum atomic E-state index is 4.50. The topological polar surface area (TPSA) is 12.4 Å². The zero-order chi connectivity index (χ0) is 8.27. The van der Waals surface area contributed by atoms with E-state index in [-0.39, 0.29) is 0 Å². The van der Waals surface area contributed by atoms with Gasteiger partial charge in [-0.1, -0.05) is 13.3 Å². The highest BCUT2D eigenvalue weighted by atomic mass is 14.8. The summed E-state index contributed by atoms with van der Waals surface area (Å²) < 4.78 is 0.